The Balaban J connectivity index is 1.03. The smallest absolute Gasteiger partial charge is 0.330 e. The molecule has 23 atom stereocenters. The highest BCUT2D eigenvalue weighted by molar-refractivity contribution is 6.32. The van der Waals surface area contributed by atoms with Gasteiger partial charge in [0.15, 0.2) is 35.3 Å². The number of carbonyl (C=O) groups is 8. The number of aliphatic hydroxyl groups is 10. The van der Waals surface area contributed by atoms with Crippen molar-refractivity contribution in [3.8, 4) is 80.1 Å². The molecule has 120 heavy (non-hydrogen) atoms. The fourth-order valence-electron chi connectivity index (χ4n) is 14.8. The van der Waals surface area contributed by atoms with E-state index in [4.69, 9.17) is 65.7 Å². The molecule has 17 bridgehead atoms. The lowest BCUT2D eigenvalue weighted by Crippen LogP contribution is -2.65. The van der Waals surface area contributed by atoms with E-state index in [1.54, 1.807) is 0 Å². The van der Waals surface area contributed by atoms with Crippen LogP contribution in [0.15, 0.2) is 121 Å². The molecule has 9 unspecified atom stereocenters. The lowest BCUT2D eigenvalue weighted by Gasteiger charge is -2.44. The summed E-state index contributed by atoms with van der Waals surface area (Å²) in [4.78, 5) is 123. The molecule has 9 aliphatic heterocycles. The van der Waals surface area contributed by atoms with Crippen LogP contribution >= 0.6 is 11.6 Å². The summed E-state index contributed by atoms with van der Waals surface area (Å²) in [5.74, 6) is -18.0. The van der Waals surface area contributed by atoms with Gasteiger partial charge in [-0.15, -0.1) is 0 Å². The molecule has 9 heterocycles. The first kappa shape index (κ1) is 84.6. The number of carbonyl (C=O) groups excluding carboxylic acids is 7. The second-order valence-electron chi connectivity index (χ2n) is 29.2. The number of nitrogens with one attached hydrogen (secondary N) is 7. The number of phenols is 4. The van der Waals surface area contributed by atoms with Gasteiger partial charge < -0.3 is 168 Å². The third-order valence-electron chi connectivity index (χ3n) is 21.1. The van der Waals surface area contributed by atoms with Gasteiger partial charge in [-0.3, -0.25) is 33.6 Å². The standard InChI is InChI=1S/C78H80ClN9O32/c1-26(92)82-58-64(101)61(98)49(24-90)117-77(58)119-67-30-6-11-43(39(79)16-30)114-47-19-32-18-46(68(47)120-76-53(81)63(100)60(97)48(23-89)116-76)112-35-7-2-27(3-8-35)12-40-69(104)84-55(31-13-33(93)20-36(14-31)113-44-17-28(4-10-42(44)96)52(80)70(105)83-40)72(107)86-56(32)73(108)85-54-29-5-9-41(95)37(15-29)51-38(57(75(110)111)87-74(109)59(67)88-71(54)106)21-34(94)22-45(51)115-78-66(103)65(102)62(99)50(25-91)118-78/h2-11,13-22,40,48-50,52-67,76-78,89-91,93-103H,12,23-25,80-81H2,1H3,(H,82,92)(H,83,105)(H,84,104)(H,85,108)(H,86,107)(H,87,109)(H,88,106)(H,110,111)/t40?,48-,49+,50?,52?,53-,54?,55?,56?,57?,58+,59?,60-,61+,62+,63+,64+,65-,66-,67?,76+,77+,78-/m0/s1. The van der Waals surface area contributed by atoms with Crippen LogP contribution in [0.4, 0.5) is 0 Å². The third-order valence-corrected chi connectivity index (χ3v) is 21.4. The molecule has 0 spiro atoms. The molecular weight excluding hydrogens is 1610 g/mol. The number of hydrogen-bond donors (Lipinski definition) is 24. The van der Waals surface area contributed by atoms with Gasteiger partial charge in [-0.25, -0.2) is 4.79 Å². The maximum absolute atomic E-state index is 16.8. The van der Waals surface area contributed by atoms with Crippen molar-refractivity contribution in [2.24, 2.45) is 11.5 Å². The monoisotopic (exact) mass is 1690 g/mol. The number of halogens is 1. The third kappa shape index (κ3) is 16.9. The van der Waals surface area contributed by atoms with E-state index in [0.717, 1.165) is 91.9 Å². The Kier molecular flexibility index (Phi) is 24.3. The SMILES string of the molecule is CC(=O)N[C@H]1[C@@H](OC2c3ccc(c(Cl)c3)Oc3cc4cc(c3O[C@H]3O[C@@H](CO)[C@H](O)[C@H](O)[C@@H]3N)Oc3ccc(cc3)CC3NC(=O)C(N)c5ccc(O)c(c5)Oc5cc(O)cc(c5)C(NC3=O)C(=O)NC4C(=O)NC3C(=O)NC2C(=O)NC(C(=O)O)c2cc(O)cc(O[C@H]4OC(CO)[C@@H](O)[C@H](O)[C@@H]4O)c2-c2cc3ccc2O)O[C@H](CO)[C@@H](O)[C@@H]1O. The van der Waals surface area contributed by atoms with Gasteiger partial charge in [0.1, 0.15) is 150 Å². The molecule has 41 nitrogen and oxygen atoms in total. The molecule has 16 rings (SSSR count). The minimum absolute atomic E-state index is 0.0549. The van der Waals surface area contributed by atoms with Crippen molar-refractivity contribution in [1.29, 1.82) is 0 Å². The van der Waals surface area contributed by atoms with Crippen LogP contribution in [0.1, 0.15) is 82.2 Å². The maximum Gasteiger partial charge on any atom is 0.330 e. The lowest BCUT2D eigenvalue weighted by molar-refractivity contribution is -0.284. The van der Waals surface area contributed by atoms with Gasteiger partial charge in [0, 0.05) is 42.2 Å². The lowest BCUT2D eigenvalue weighted by atomic mass is 9.89. The molecule has 7 aromatic carbocycles. The van der Waals surface area contributed by atoms with Crippen LogP contribution in [-0.4, -0.2) is 248 Å². The van der Waals surface area contributed by atoms with Gasteiger partial charge in [-0.05, 0) is 112 Å². The Labute approximate surface area is 681 Å². The summed E-state index contributed by atoms with van der Waals surface area (Å²) in [5, 5.41) is 185. The van der Waals surface area contributed by atoms with Crippen molar-refractivity contribution in [3.63, 3.8) is 0 Å². The first-order chi connectivity index (χ1) is 57.2. The van der Waals surface area contributed by atoms with Crippen molar-refractivity contribution in [1.82, 2.24) is 37.2 Å². The van der Waals surface area contributed by atoms with E-state index in [-0.39, 0.29) is 33.9 Å². The molecule has 9 aliphatic rings. The largest absolute Gasteiger partial charge is 0.508 e. The highest BCUT2D eigenvalue weighted by Crippen LogP contribution is 2.50. The van der Waals surface area contributed by atoms with E-state index in [9.17, 15) is 91.0 Å². The van der Waals surface area contributed by atoms with Crippen molar-refractivity contribution in [2.45, 2.75) is 154 Å². The van der Waals surface area contributed by atoms with E-state index in [1.807, 2.05) is 0 Å². The van der Waals surface area contributed by atoms with Crippen LogP contribution in [-0.2, 0) is 63.7 Å². The number of aliphatic carboxylic acids is 1. The van der Waals surface area contributed by atoms with Gasteiger partial charge in [0.2, 0.25) is 59.7 Å². The summed E-state index contributed by atoms with van der Waals surface area (Å²) in [6, 6.07) is 3.06. The number of benzene rings is 7. The molecule has 7 amide bonds. The number of amides is 7. The summed E-state index contributed by atoms with van der Waals surface area (Å²) < 4.78 is 56.4. The molecular formula is C78H80ClN9O32. The number of aliphatic hydroxyl groups excluding tert-OH is 10. The zero-order valence-corrected chi connectivity index (χ0v) is 63.1. The quantitative estimate of drug-likeness (QED) is 0.0622. The van der Waals surface area contributed by atoms with Gasteiger partial charge in [0.25, 0.3) is 0 Å². The summed E-state index contributed by atoms with van der Waals surface area (Å²) in [7, 11) is 0. The molecule has 26 N–H and O–H groups in total. The number of ether oxygens (including phenoxy) is 9. The predicted octanol–water partition coefficient (Wildman–Crippen LogP) is -2.79. The molecule has 42 heteroatoms. The van der Waals surface area contributed by atoms with Crippen molar-refractivity contribution < 1.29 is 158 Å². The molecule has 0 radical (unpaired) electrons. The van der Waals surface area contributed by atoms with Crippen LogP contribution in [0.3, 0.4) is 0 Å². The van der Waals surface area contributed by atoms with Gasteiger partial charge >= 0.3 is 5.97 Å². The molecule has 3 fully saturated rings. The minimum Gasteiger partial charge on any atom is -0.508 e. The van der Waals surface area contributed by atoms with Gasteiger partial charge in [-0.1, -0.05) is 41.9 Å². The van der Waals surface area contributed by atoms with Crippen LogP contribution in [0.25, 0.3) is 11.1 Å². The summed E-state index contributed by atoms with van der Waals surface area (Å²) in [5.41, 5.74) is 9.65. The number of hydrogen-bond acceptors (Lipinski definition) is 33. The summed E-state index contributed by atoms with van der Waals surface area (Å²) in [6.45, 7) is -2.07. The second kappa shape index (κ2) is 34.5. The van der Waals surface area contributed by atoms with Crippen molar-refractivity contribution in [2.75, 3.05) is 19.8 Å². The average Bonchev–Trinajstić information content (AvgIpc) is 0.752. The van der Waals surface area contributed by atoms with Gasteiger partial charge in [-0.2, -0.15) is 0 Å². The normalized spacial score (nSPS) is 30.6. The molecule has 3 saturated heterocycles. The number of phenolic OH excluding ortho intramolecular Hbond substituents is 4. The number of nitrogens with two attached hydrogens (primary N) is 2. The predicted molar refractivity (Wildman–Crippen MR) is 402 cm³/mol. The van der Waals surface area contributed by atoms with Crippen LogP contribution in [0.2, 0.25) is 5.02 Å². The minimum atomic E-state index is -2.55. The van der Waals surface area contributed by atoms with Crippen LogP contribution < -0.4 is 72.4 Å². The molecule has 0 aromatic heterocycles. The Morgan fingerprint density at radius 1 is 0.500 bits per heavy atom. The number of carboxylic acids is 1. The number of carboxylic acid groups (broad SMARTS) is 1. The Morgan fingerprint density at radius 3 is 1.73 bits per heavy atom. The van der Waals surface area contributed by atoms with E-state index in [2.05, 4.69) is 37.2 Å². The second-order valence-corrected chi connectivity index (χ2v) is 29.6. The first-order valence-corrected chi connectivity index (χ1v) is 37.4. The Morgan fingerprint density at radius 2 is 1.07 bits per heavy atom. The van der Waals surface area contributed by atoms with E-state index in [0.29, 0.717) is 5.56 Å². The van der Waals surface area contributed by atoms with Crippen LogP contribution in [0, 0.1) is 0 Å². The summed E-state index contributed by atoms with van der Waals surface area (Å²) in [6.07, 6.45) is -28.4. The first-order valence-electron chi connectivity index (χ1n) is 37.0. The molecule has 0 aliphatic carbocycles. The highest BCUT2D eigenvalue weighted by Gasteiger charge is 2.52. The zero-order chi connectivity index (χ0) is 85.9. The molecule has 636 valence electrons. The Bertz CT molecular complexity index is 5160. The van der Waals surface area contributed by atoms with Crippen molar-refractivity contribution in [3.05, 3.63) is 165 Å². The van der Waals surface area contributed by atoms with Crippen molar-refractivity contribution >= 4 is 58.9 Å². The molecule has 0 saturated carbocycles. The van der Waals surface area contributed by atoms with E-state index in [1.165, 1.54) is 36.4 Å². The molecule has 7 aromatic rings. The fraction of sp³-hybridized carbons (Fsp3) is 0.359. The van der Waals surface area contributed by atoms with Gasteiger partial charge in [0.05, 0.1) is 30.9 Å². The average molecular weight is 1690 g/mol. The van der Waals surface area contributed by atoms with E-state index < -0.39 is 299 Å². The van der Waals surface area contributed by atoms with E-state index >= 15 is 24.0 Å². The fourth-order valence-corrected chi connectivity index (χ4v) is 15.1. The Hall–Kier alpha value is -11.8. The highest BCUT2D eigenvalue weighted by atomic mass is 35.5. The zero-order valence-electron chi connectivity index (χ0n) is 62.3. The number of rotatable bonds is 11. The number of aromatic hydroxyl groups is 4. The number of fused-ring (bicyclic) bond motifs is 14. The maximum atomic E-state index is 16.8. The topological polar surface area (TPSA) is 659 Å². The summed E-state index contributed by atoms with van der Waals surface area (Å²) >= 11 is 7.34. The van der Waals surface area contributed by atoms with Crippen LogP contribution in [0.5, 0.6) is 69.0 Å².